The Kier molecular flexibility index (Phi) is 14.6. The van der Waals surface area contributed by atoms with Gasteiger partial charge in [0.05, 0.1) is 17.3 Å². The second kappa shape index (κ2) is 14.8. The van der Waals surface area contributed by atoms with E-state index in [2.05, 4.69) is 18.8 Å². The molecule has 0 fully saturated rings. The average Bonchev–Trinajstić information content (AvgIpc) is 2.34. The van der Waals surface area contributed by atoms with Crippen LogP contribution in [0.3, 0.4) is 0 Å². The predicted molar refractivity (Wildman–Crippen MR) is 83.4 cm³/mol. The Bertz CT molecular complexity index is 256. The molecule has 18 heavy (non-hydrogen) atoms. The molecule has 0 aliphatic carbocycles. The Labute approximate surface area is 120 Å². The van der Waals surface area contributed by atoms with Gasteiger partial charge in [-0.1, -0.05) is 50.9 Å². The molecule has 2 nitrogen and oxygen atoms in total. The summed E-state index contributed by atoms with van der Waals surface area (Å²) in [5.74, 6) is 8.15. The fraction of sp³-hybridized carbons (Fsp3) is 0.786. The summed E-state index contributed by atoms with van der Waals surface area (Å²) in [5.41, 5.74) is 0. The number of rotatable bonds is 11. The molecule has 0 heterocycles. The van der Waals surface area contributed by atoms with E-state index in [0.717, 1.165) is 5.75 Å². The van der Waals surface area contributed by atoms with E-state index in [4.69, 9.17) is 5.11 Å². The molecule has 0 unspecified atom stereocenters. The maximum absolute atomic E-state index is 10.2. The number of thioether (sulfide) groups is 2. The molecular weight excluding hydrogens is 264 g/mol. The van der Waals surface area contributed by atoms with E-state index in [-0.39, 0.29) is 5.75 Å². The minimum Gasteiger partial charge on any atom is -0.481 e. The number of hydrogen-bond donors (Lipinski definition) is 1. The van der Waals surface area contributed by atoms with Crippen molar-refractivity contribution in [1.82, 2.24) is 0 Å². The third-order valence-electron chi connectivity index (χ3n) is 2.34. The van der Waals surface area contributed by atoms with E-state index in [0.29, 0.717) is 5.75 Å². The summed E-state index contributed by atoms with van der Waals surface area (Å²) in [4.78, 5) is 10.2. The lowest BCUT2D eigenvalue weighted by atomic mass is 10.1. The van der Waals surface area contributed by atoms with Gasteiger partial charge in [0.25, 0.3) is 0 Å². The molecule has 4 heteroatoms. The molecule has 0 aromatic heterocycles. The SMILES string of the molecule is CCCCCCCCSCC#CCSCC(=O)O. The first kappa shape index (κ1) is 17.7. The molecule has 0 aromatic rings. The van der Waals surface area contributed by atoms with Crippen molar-refractivity contribution >= 4 is 29.5 Å². The fourth-order valence-corrected chi connectivity index (χ4v) is 2.64. The zero-order valence-electron chi connectivity index (χ0n) is 11.2. The average molecular weight is 288 g/mol. The smallest absolute Gasteiger partial charge is 0.313 e. The van der Waals surface area contributed by atoms with Crippen molar-refractivity contribution in [2.24, 2.45) is 0 Å². The van der Waals surface area contributed by atoms with Crippen molar-refractivity contribution in [2.45, 2.75) is 45.4 Å². The summed E-state index contributed by atoms with van der Waals surface area (Å²) in [6.45, 7) is 2.24. The molecule has 0 aliphatic heterocycles. The highest BCUT2D eigenvalue weighted by Gasteiger charge is 1.93. The lowest BCUT2D eigenvalue weighted by molar-refractivity contribution is -0.133. The van der Waals surface area contributed by atoms with E-state index < -0.39 is 5.97 Å². The number of hydrogen-bond acceptors (Lipinski definition) is 3. The molecule has 0 aromatic carbocycles. The monoisotopic (exact) mass is 288 g/mol. The molecular formula is C14H24O2S2. The van der Waals surface area contributed by atoms with Crippen LogP contribution in [-0.4, -0.2) is 34.1 Å². The summed E-state index contributed by atoms with van der Waals surface area (Å²) in [5, 5.41) is 8.42. The van der Waals surface area contributed by atoms with Crippen LogP contribution >= 0.6 is 23.5 Å². The zero-order valence-corrected chi connectivity index (χ0v) is 12.9. The first-order valence-corrected chi connectivity index (χ1v) is 8.91. The van der Waals surface area contributed by atoms with Gasteiger partial charge in [-0.25, -0.2) is 0 Å². The van der Waals surface area contributed by atoms with Gasteiger partial charge in [-0.2, -0.15) is 0 Å². The van der Waals surface area contributed by atoms with E-state index in [1.54, 1.807) is 0 Å². The zero-order chi connectivity index (χ0) is 13.5. The maximum Gasteiger partial charge on any atom is 0.313 e. The molecule has 1 N–H and O–H groups in total. The van der Waals surface area contributed by atoms with Crippen molar-refractivity contribution in [3.05, 3.63) is 0 Å². The van der Waals surface area contributed by atoms with Gasteiger partial charge in [0.1, 0.15) is 0 Å². The van der Waals surface area contributed by atoms with Crippen LogP contribution in [0.25, 0.3) is 0 Å². The molecule has 0 amide bonds. The maximum atomic E-state index is 10.2. The van der Waals surface area contributed by atoms with Crippen LogP contribution in [0.4, 0.5) is 0 Å². The van der Waals surface area contributed by atoms with Crippen LogP contribution in [0, 0.1) is 11.8 Å². The highest BCUT2D eigenvalue weighted by molar-refractivity contribution is 8.00. The van der Waals surface area contributed by atoms with E-state index in [1.165, 1.54) is 56.0 Å². The summed E-state index contributed by atoms with van der Waals surface area (Å²) in [6.07, 6.45) is 8.06. The van der Waals surface area contributed by atoms with Gasteiger partial charge in [0.15, 0.2) is 0 Å². The first-order valence-electron chi connectivity index (χ1n) is 6.60. The molecule has 104 valence electrons. The quantitative estimate of drug-likeness (QED) is 0.462. The van der Waals surface area contributed by atoms with E-state index in [9.17, 15) is 4.79 Å². The van der Waals surface area contributed by atoms with Crippen molar-refractivity contribution in [2.75, 3.05) is 23.0 Å². The summed E-state index contributed by atoms with van der Waals surface area (Å²) >= 11 is 3.24. The molecule has 0 radical (unpaired) electrons. The van der Waals surface area contributed by atoms with Crippen LogP contribution in [-0.2, 0) is 4.79 Å². The highest BCUT2D eigenvalue weighted by atomic mass is 32.2. The van der Waals surface area contributed by atoms with Gasteiger partial charge in [-0.3, -0.25) is 4.79 Å². The number of carboxylic acids is 1. The standard InChI is InChI=1S/C14H24O2S2/c1-2-3-4-5-6-7-10-17-11-8-9-12-18-13-14(15)16/h2-7,10-13H2,1H3,(H,15,16). The number of carbonyl (C=O) groups is 1. The number of unbranched alkanes of at least 4 members (excludes halogenated alkanes) is 5. The number of aliphatic carboxylic acids is 1. The lowest BCUT2D eigenvalue weighted by Crippen LogP contribution is -1.97. The highest BCUT2D eigenvalue weighted by Crippen LogP contribution is 2.09. The Balaban J connectivity index is 3.10. The molecule has 0 aliphatic rings. The third kappa shape index (κ3) is 15.7. The van der Waals surface area contributed by atoms with Crippen LogP contribution in [0.2, 0.25) is 0 Å². The summed E-state index contributed by atoms with van der Waals surface area (Å²) < 4.78 is 0. The van der Waals surface area contributed by atoms with Crippen LogP contribution in [0.5, 0.6) is 0 Å². The molecule has 0 rings (SSSR count). The topological polar surface area (TPSA) is 37.3 Å². The normalized spacial score (nSPS) is 9.83. The van der Waals surface area contributed by atoms with Crippen LogP contribution in [0.15, 0.2) is 0 Å². The molecule has 0 bridgehead atoms. The molecule has 0 spiro atoms. The molecule has 0 saturated carbocycles. The summed E-state index contributed by atoms with van der Waals surface area (Å²) in [6, 6.07) is 0. The second-order valence-electron chi connectivity index (χ2n) is 4.06. The van der Waals surface area contributed by atoms with Crippen molar-refractivity contribution in [1.29, 1.82) is 0 Å². The Morgan fingerprint density at radius 3 is 2.28 bits per heavy atom. The Hall–Kier alpha value is -0.270. The van der Waals surface area contributed by atoms with Gasteiger partial charge in [0.2, 0.25) is 0 Å². The van der Waals surface area contributed by atoms with E-state index >= 15 is 0 Å². The van der Waals surface area contributed by atoms with Gasteiger partial charge < -0.3 is 5.11 Å². The molecule has 0 saturated heterocycles. The van der Waals surface area contributed by atoms with Gasteiger partial charge >= 0.3 is 5.97 Å². The first-order chi connectivity index (χ1) is 8.77. The third-order valence-corrected chi connectivity index (χ3v) is 4.07. The summed E-state index contributed by atoms with van der Waals surface area (Å²) in [7, 11) is 0. The van der Waals surface area contributed by atoms with Crippen molar-refractivity contribution < 1.29 is 9.90 Å². The molecule has 0 atom stereocenters. The van der Waals surface area contributed by atoms with Crippen LogP contribution < -0.4 is 0 Å². The van der Waals surface area contributed by atoms with Gasteiger partial charge in [-0.05, 0) is 12.2 Å². The lowest BCUT2D eigenvalue weighted by Gasteiger charge is -1.99. The number of carboxylic acid groups (broad SMARTS) is 1. The fourth-order valence-electron chi connectivity index (χ4n) is 1.40. The second-order valence-corrected chi connectivity index (χ2v) is 6.15. The van der Waals surface area contributed by atoms with Crippen molar-refractivity contribution in [3.63, 3.8) is 0 Å². The van der Waals surface area contributed by atoms with Gasteiger partial charge in [0, 0.05) is 0 Å². The minimum absolute atomic E-state index is 0.152. The predicted octanol–water partition coefficient (Wildman–Crippen LogP) is 3.90. The van der Waals surface area contributed by atoms with Crippen molar-refractivity contribution in [3.8, 4) is 11.8 Å². The Morgan fingerprint density at radius 1 is 1.00 bits per heavy atom. The van der Waals surface area contributed by atoms with E-state index in [1.807, 2.05) is 11.8 Å². The largest absolute Gasteiger partial charge is 0.481 e. The van der Waals surface area contributed by atoms with Gasteiger partial charge in [-0.15, -0.1) is 23.5 Å². The Morgan fingerprint density at radius 2 is 1.61 bits per heavy atom. The minimum atomic E-state index is -0.765. The van der Waals surface area contributed by atoms with Crippen LogP contribution in [0.1, 0.15) is 45.4 Å².